The maximum atomic E-state index is 14.7. The van der Waals surface area contributed by atoms with Gasteiger partial charge in [-0.25, -0.2) is 18.6 Å². The van der Waals surface area contributed by atoms with E-state index in [4.69, 9.17) is 14.7 Å². The first-order valence-electron chi connectivity index (χ1n) is 9.34. The molecular weight excluding hydrogens is 394 g/mol. The van der Waals surface area contributed by atoms with Crippen LogP contribution in [0, 0.1) is 29.9 Å². The number of fused-ring (bicyclic) bond motifs is 1. The summed E-state index contributed by atoms with van der Waals surface area (Å²) in [7, 11) is 0. The Labute approximate surface area is 171 Å². The van der Waals surface area contributed by atoms with Gasteiger partial charge in [0, 0.05) is 19.3 Å². The number of nitriles is 1. The van der Waals surface area contributed by atoms with Crippen molar-refractivity contribution >= 4 is 11.7 Å². The van der Waals surface area contributed by atoms with E-state index in [2.05, 4.69) is 4.98 Å². The summed E-state index contributed by atoms with van der Waals surface area (Å²) in [4.78, 5) is 18.3. The highest BCUT2D eigenvalue weighted by atomic mass is 19.1. The van der Waals surface area contributed by atoms with Gasteiger partial charge in [-0.1, -0.05) is 0 Å². The molecule has 0 unspecified atom stereocenters. The minimum absolute atomic E-state index is 0.0230. The van der Waals surface area contributed by atoms with Crippen molar-refractivity contribution in [3.63, 3.8) is 0 Å². The lowest BCUT2D eigenvalue weighted by molar-refractivity contribution is 0.0246. The summed E-state index contributed by atoms with van der Waals surface area (Å²) in [5.41, 5.74) is 1.23. The van der Waals surface area contributed by atoms with E-state index in [0.29, 0.717) is 37.6 Å². The fourth-order valence-corrected chi connectivity index (χ4v) is 3.37. The number of hydrogen-bond acceptors (Lipinski definition) is 5. The van der Waals surface area contributed by atoms with E-state index < -0.39 is 17.7 Å². The number of nitrogens with zero attached hydrogens (tertiary/aromatic N) is 4. The maximum absolute atomic E-state index is 14.7. The molecule has 0 N–H and O–H groups in total. The molecule has 1 saturated heterocycles. The molecule has 1 aliphatic heterocycles. The van der Waals surface area contributed by atoms with E-state index in [0.717, 1.165) is 17.7 Å². The van der Waals surface area contributed by atoms with Gasteiger partial charge in [0.25, 0.3) is 0 Å². The Kier molecular flexibility index (Phi) is 5.33. The lowest BCUT2D eigenvalue weighted by atomic mass is 10.1. The zero-order valence-electron chi connectivity index (χ0n) is 16.2. The first kappa shape index (κ1) is 19.8. The van der Waals surface area contributed by atoms with Crippen LogP contribution in [0.15, 0.2) is 30.5 Å². The number of pyridine rings is 1. The molecule has 1 aromatic carbocycles. The van der Waals surface area contributed by atoms with Gasteiger partial charge >= 0.3 is 6.09 Å². The van der Waals surface area contributed by atoms with Crippen LogP contribution < -0.4 is 0 Å². The molecule has 9 heteroatoms. The van der Waals surface area contributed by atoms with Gasteiger partial charge in [-0.2, -0.15) is 5.26 Å². The highest BCUT2D eigenvalue weighted by Gasteiger charge is 2.24. The van der Waals surface area contributed by atoms with Crippen molar-refractivity contribution in [2.24, 2.45) is 0 Å². The number of benzene rings is 1. The van der Waals surface area contributed by atoms with Crippen molar-refractivity contribution in [3.8, 4) is 17.3 Å². The molecule has 1 amide bonds. The van der Waals surface area contributed by atoms with Crippen LogP contribution in [-0.2, 0) is 16.1 Å². The number of aromatic nitrogens is 2. The van der Waals surface area contributed by atoms with Gasteiger partial charge in [0.05, 0.1) is 36.1 Å². The highest BCUT2D eigenvalue weighted by molar-refractivity contribution is 5.70. The van der Waals surface area contributed by atoms with Crippen LogP contribution in [0.4, 0.5) is 13.6 Å². The Balaban J connectivity index is 1.75. The maximum Gasteiger partial charge on any atom is 0.410 e. The van der Waals surface area contributed by atoms with Crippen LogP contribution in [-0.4, -0.2) is 46.7 Å². The number of halogens is 2. The van der Waals surface area contributed by atoms with Gasteiger partial charge in [-0.3, -0.25) is 4.40 Å². The quantitative estimate of drug-likeness (QED) is 0.659. The standard InChI is InChI=1S/C21H18F2N4O3/c1-13-2-3-27-17(12-30-21(28)26-4-6-29-7-5-26)20(25-18(27)8-13)19-15(22)9-14(11-24)10-16(19)23/h2-3,8-10H,4-7,12H2,1H3. The van der Waals surface area contributed by atoms with E-state index in [1.54, 1.807) is 22.7 Å². The van der Waals surface area contributed by atoms with E-state index >= 15 is 0 Å². The van der Waals surface area contributed by atoms with Crippen LogP contribution >= 0.6 is 0 Å². The van der Waals surface area contributed by atoms with Crippen molar-refractivity contribution in [2.45, 2.75) is 13.5 Å². The molecule has 7 nitrogen and oxygen atoms in total. The molecule has 0 bridgehead atoms. The molecule has 0 atom stereocenters. The number of hydrogen-bond donors (Lipinski definition) is 0. The fourth-order valence-electron chi connectivity index (χ4n) is 3.37. The largest absolute Gasteiger partial charge is 0.443 e. The smallest absolute Gasteiger partial charge is 0.410 e. The second kappa shape index (κ2) is 8.08. The Hall–Kier alpha value is -3.51. The Morgan fingerprint density at radius 3 is 2.63 bits per heavy atom. The van der Waals surface area contributed by atoms with Crippen molar-refractivity contribution < 1.29 is 23.0 Å². The average molecular weight is 412 g/mol. The lowest BCUT2D eigenvalue weighted by Gasteiger charge is -2.26. The highest BCUT2D eigenvalue weighted by Crippen LogP contribution is 2.31. The lowest BCUT2D eigenvalue weighted by Crippen LogP contribution is -2.40. The molecule has 0 saturated carbocycles. The predicted molar refractivity (Wildman–Crippen MR) is 103 cm³/mol. The number of ether oxygens (including phenoxy) is 2. The van der Waals surface area contributed by atoms with Crippen LogP contribution in [0.3, 0.4) is 0 Å². The van der Waals surface area contributed by atoms with E-state index in [1.165, 1.54) is 4.90 Å². The van der Waals surface area contributed by atoms with Gasteiger partial charge < -0.3 is 14.4 Å². The number of imidazole rings is 1. The van der Waals surface area contributed by atoms with Crippen molar-refractivity contribution in [3.05, 3.63) is 58.9 Å². The molecule has 0 radical (unpaired) electrons. The van der Waals surface area contributed by atoms with E-state index in [1.807, 2.05) is 13.0 Å². The zero-order chi connectivity index (χ0) is 21.3. The second-order valence-electron chi connectivity index (χ2n) is 6.92. The Morgan fingerprint density at radius 1 is 1.27 bits per heavy atom. The molecule has 4 rings (SSSR count). The molecule has 0 aliphatic carbocycles. The second-order valence-corrected chi connectivity index (χ2v) is 6.92. The monoisotopic (exact) mass is 412 g/mol. The van der Waals surface area contributed by atoms with E-state index in [-0.39, 0.29) is 23.4 Å². The molecule has 2 aromatic heterocycles. The topological polar surface area (TPSA) is 79.9 Å². The van der Waals surface area contributed by atoms with Crippen LogP contribution in [0.25, 0.3) is 16.9 Å². The molecule has 3 aromatic rings. The minimum atomic E-state index is -0.910. The number of carbonyl (C=O) groups is 1. The van der Waals surface area contributed by atoms with Crippen molar-refractivity contribution in [2.75, 3.05) is 26.3 Å². The fraction of sp³-hybridized carbons (Fsp3) is 0.286. The molecule has 154 valence electrons. The van der Waals surface area contributed by atoms with Gasteiger partial charge in [0.15, 0.2) is 0 Å². The van der Waals surface area contributed by atoms with Gasteiger partial charge in [-0.05, 0) is 36.8 Å². The van der Waals surface area contributed by atoms with Crippen LogP contribution in [0.2, 0.25) is 0 Å². The van der Waals surface area contributed by atoms with Crippen LogP contribution in [0.1, 0.15) is 16.8 Å². The molecule has 1 fully saturated rings. The third-order valence-corrected chi connectivity index (χ3v) is 4.89. The minimum Gasteiger partial charge on any atom is -0.443 e. The van der Waals surface area contributed by atoms with Gasteiger partial charge in [0.1, 0.15) is 29.6 Å². The molecule has 3 heterocycles. The summed E-state index contributed by atoms with van der Waals surface area (Å²) >= 11 is 0. The van der Waals surface area contributed by atoms with Crippen LogP contribution in [0.5, 0.6) is 0 Å². The summed E-state index contributed by atoms with van der Waals surface area (Å²) < 4.78 is 41.7. The molecule has 0 spiro atoms. The number of carbonyl (C=O) groups excluding carboxylic acids is 1. The third kappa shape index (κ3) is 3.69. The van der Waals surface area contributed by atoms with E-state index in [9.17, 15) is 13.6 Å². The average Bonchev–Trinajstić information content (AvgIpc) is 3.08. The third-order valence-electron chi connectivity index (χ3n) is 4.89. The number of rotatable bonds is 3. The predicted octanol–water partition coefficient (Wildman–Crippen LogP) is 3.43. The summed E-state index contributed by atoms with van der Waals surface area (Å²) in [5, 5.41) is 8.94. The first-order valence-corrected chi connectivity index (χ1v) is 9.34. The SMILES string of the molecule is Cc1ccn2c(COC(=O)N3CCOCC3)c(-c3c(F)cc(C#N)cc3F)nc2c1. The Morgan fingerprint density at radius 2 is 1.97 bits per heavy atom. The van der Waals surface area contributed by atoms with Gasteiger partial charge in [-0.15, -0.1) is 0 Å². The molecular formula is C21H18F2N4O3. The number of amides is 1. The Bertz CT molecular complexity index is 1140. The number of aryl methyl sites for hydroxylation is 1. The number of morpholine rings is 1. The summed E-state index contributed by atoms with van der Waals surface area (Å²) in [6, 6.07) is 7.21. The normalized spacial score (nSPS) is 14.0. The summed E-state index contributed by atoms with van der Waals surface area (Å²) in [6.07, 6.45) is 1.17. The zero-order valence-corrected chi connectivity index (χ0v) is 16.2. The summed E-state index contributed by atoms with van der Waals surface area (Å²) in [6.45, 7) is 3.33. The molecule has 30 heavy (non-hydrogen) atoms. The van der Waals surface area contributed by atoms with Gasteiger partial charge in [0.2, 0.25) is 0 Å². The summed E-state index contributed by atoms with van der Waals surface area (Å²) in [5.74, 6) is -1.82. The molecule has 1 aliphatic rings. The van der Waals surface area contributed by atoms with Crippen molar-refractivity contribution in [1.82, 2.24) is 14.3 Å². The first-order chi connectivity index (χ1) is 14.5. The van der Waals surface area contributed by atoms with Crippen molar-refractivity contribution in [1.29, 1.82) is 5.26 Å².